The lowest BCUT2D eigenvalue weighted by Crippen LogP contribution is -1.93. The van der Waals surface area contributed by atoms with Crippen molar-refractivity contribution in [1.29, 1.82) is 0 Å². The molecule has 4 N–H and O–H groups in total. The third kappa shape index (κ3) is 2.96. The zero-order chi connectivity index (χ0) is 13.1. The Balaban J connectivity index is 2.11. The standard InChI is InChI=1S/C10H8BrFN4OS/c11-6-1-5(7(12)2-8(6)17)3-14-16-10-15-9(13)4-18-10/h1-4,17H,13H2,(H,15,16). The molecule has 0 aliphatic heterocycles. The van der Waals surface area contributed by atoms with Crippen LogP contribution in [0.25, 0.3) is 0 Å². The third-order valence-corrected chi connectivity index (χ3v) is 3.35. The predicted octanol–water partition coefficient (Wildman–Crippen LogP) is 2.78. The first-order chi connectivity index (χ1) is 8.56. The lowest BCUT2D eigenvalue weighted by molar-refractivity contribution is 0.465. The molecule has 0 amide bonds. The van der Waals surface area contributed by atoms with Gasteiger partial charge in [-0.3, -0.25) is 5.43 Å². The molecular formula is C10H8BrFN4OS. The number of phenols is 1. The number of hydrazone groups is 1. The Morgan fingerprint density at radius 3 is 3.00 bits per heavy atom. The quantitative estimate of drug-likeness (QED) is 0.596. The fourth-order valence-electron chi connectivity index (χ4n) is 1.15. The van der Waals surface area contributed by atoms with Gasteiger partial charge in [0.1, 0.15) is 17.4 Å². The van der Waals surface area contributed by atoms with Crippen LogP contribution in [0, 0.1) is 5.82 Å². The molecule has 5 nitrogen and oxygen atoms in total. The van der Waals surface area contributed by atoms with Gasteiger partial charge in [0.15, 0.2) is 0 Å². The average Bonchev–Trinajstić information content (AvgIpc) is 2.71. The second kappa shape index (κ2) is 5.32. The number of halogens is 2. The molecule has 2 aromatic rings. The van der Waals surface area contributed by atoms with Gasteiger partial charge in [0.25, 0.3) is 0 Å². The maximum absolute atomic E-state index is 13.4. The first kappa shape index (κ1) is 12.8. The Labute approximate surface area is 114 Å². The number of nitrogens with one attached hydrogen (secondary N) is 1. The largest absolute Gasteiger partial charge is 0.507 e. The summed E-state index contributed by atoms with van der Waals surface area (Å²) in [6.07, 6.45) is 1.29. The fourth-order valence-corrected chi connectivity index (χ4v) is 2.05. The Morgan fingerprint density at radius 1 is 1.56 bits per heavy atom. The molecule has 0 aliphatic carbocycles. The first-order valence-corrected chi connectivity index (χ1v) is 6.41. The van der Waals surface area contributed by atoms with Gasteiger partial charge in [0.05, 0.1) is 10.7 Å². The van der Waals surface area contributed by atoms with Gasteiger partial charge in [0, 0.05) is 17.0 Å². The summed E-state index contributed by atoms with van der Waals surface area (Å²) in [4.78, 5) is 3.92. The topological polar surface area (TPSA) is 83.5 Å². The van der Waals surface area contributed by atoms with Crippen molar-refractivity contribution in [2.24, 2.45) is 5.10 Å². The average molecular weight is 331 g/mol. The minimum atomic E-state index is -0.570. The Hall–Kier alpha value is -1.67. The van der Waals surface area contributed by atoms with Crippen LogP contribution in [0.5, 0.6) is 5.75 Å². The van der Waals surface area contributed by atoms with E-state index in [0.717, 1.165) is 6.07 Å². The maximum Gasteiger partial charge on any atom is 0.205 e. The van der Waals surface area contributed by atoms with E-state index in [4.69, 9.17) is 5.73 Å². The summed E-state index contributed by atoms with van der Waals surface area (Å²) in [6.45, 7) is 0. The van der Waals surface area contributed by atoms with Crippen molar-refractivity contribution in [3.05, 3.63) is 33.4 Å². The summed E-state index contributed by atoms with van der Waals surface area (Å²) < 4.78 is 13.8. The number of nitrogen functional groups attached to an aromatic ring is 1. The number of hydrogen-bond donors (Lipinski definition) is 3. The monoisotopic (exact) mass is 330 g/mol. The Kier molecular flexibility index (Phi) is 3.78. The van der Waals surface area contributed by atoms with Gasteiger partial charge in [-0.1, -0.05) is 0 Å². The van der Waals surface area contributed by atoms with Gasteiger partial charge in [0.2, 0.25) is 5.13 Å². The van der Waals surface area contributed by atoms with Crippen LogP contribution in [0.3, 0.4) is 0 Å². The summed E-state index contributed by atoms with van der Waals surface area (Å²) in [6, 6.07) is 2.43. The molecule has 2 rings (SSSR count). The zero-order valence-electron chi connectivity index (χ0n) is 8.89. The van der Waals surface area contributed by atoms with Crippen LogP contribution in [0.4, 0.5) is 15.3 Å². The third-order valence-electron chi connectivity index (χ3n) is 1.95. The molecule has 0 bridgehead atoms. The van der Waals surface area contributed by atoms with Crippen LogP contribution in [0.2, 0.25) is 0 Å². The van der Waals surface area contributed by atoms with Crippen molar-refractivity contribution in [3.63, 3.8) is 0 Å². The molecular weight excluding hydrogens is 323 g/mol. The molecule has 0 unspecified atom stereocenters. The molecule has 8 heteroatoms. The van der Waals surface area contributed by atoms with E-state index < -0.39 is 5.82 Å². The Morgan fingerprint density at radius 2 is 2.33 bits per heavy atom. The summed E-state index contributed by atoms with van der Waals surface area (Å²) in [7, 11) is 0. The van der Waals surface area contributed by atoms with Crippen LogP contribution in [-0.2, 0) is 0 Å². The van der Waals surface area contributed by atoms with E-state index in [9.17, 15) is 9.50 Å². The van der Waals surface area contributed by atoms with Crippen molar-refractivity contribution in [1.82, 2.24) is 4.98 Å². The molecule has 0 fully saturated rings. The van der Waals surface area contributed by atoms with Gasteiger partial charge in [-0.15, -0.1) is 11.3 Å². The van der Waals surface area contributed by atoms with Crippen molar-refractivity contribution in [2.45, 2.75) is 0 Å². The van der Waals surface area contributed by atoms with Gasteiger partial charge in [-0.25, -0.2) is 9.37 Å². The SMILES string of the molecule is Nc1csc(NN=Cc2cc(Br)c(O)cc2F)n1. The zero-order valence-corrected chi connectivity index (χ0v) is 11.3. The highest BCUT2D eigenvalue weighted by Crippen LogP contribution is 2.26. The predicted molar refractivity (Wildman–Crippen MR) is 73.5 cm³/mol. The molecule has 0 atom stereocenters. The van der Waals surface area contributed by atoms with Gasteiger partial charge in [-0.05, 0) is 22.0 Å². The number of phenolic OH excluding ortho intramolecular Hbond substituents is 1. The van der Waals surface area contributed by atoms with Crippen molar-refractivity contribution < 1.29 is 9.50 Å². The van der Waals surface area contributed by atoms with E-state index in [-0.39, 0.29) is 11.3 Å². The number of aromatic nitrogens is 1. The highest BCUT2D eigenvalue weighted by Gasteiger charge is 2.05. The summed E-state index contributed by atoms with van der Waals surface area (Å²) in [5, 5.41) is 15.3. The van der Waals surface area contributed by atoms with E-state index in [0.29, 0.717) is 15.4 Å². The molecule has 1 aromatic heterocycles. The smallest absolute Gasteiger partial charge is 0.205 e. The van der Waals surface area contributed by atoms with Gasteiger partial charge < -0.3 is 10.8 Å². The van der Waals surface area contributed by atoms with E-state index in [2.05, 4.69) is 31.4 Å². The summed E-state index contributed by atoms with van der Waals surface area (Å²) in [5.74, 6) is -0.332. The number of benzene rings is 1. The molecule has 18 heavy (non-hydrogen) atoms. The number of aromatic hydroxyl groups is 1. The van der Waals surface area contributed by atoms with Crippen molar-refractivity contribution >= 4 is 44.4 Å². The van der Waals surface area contributed by atoms with Gasteiger partial charge >= 0.3 is 0 Å². The number of nitrogens with two attached hydrogens (primary N) is 1. The molecule has 0 saturated heterocycles. The normalized spacial score (nSPS) is 11.0. The van der Waals surface area contributed by atoms with Crippen molar-refractivity contribution in [3.8, 4) is 5.75 Å². The van der Waals surface area contributed by atoms with Crippen molar-refractivity contribution in [2.75, 3.05) is 11.2 Å². The second-order valence-corrected chi connectivity index (χ2v) is 4.99. The lowest BCUT2D eigenvalue weighted by atomic mass is 10.2. The molecule has 0 aliphatic rings. The molecule has 1 aromatic carbocycles. The number of nitrogens with zero attached hydrogens (tertiary/aromatic N) is 2. The van der Waals surface area contributed by atoms with Crippen LogP contribution in [0.15, 0.2) is 27.1 Å². The number of anilines is 2. The van der Waals surface area contributed by atoms with Crippen LogP contribution in [-0.4, -0.2) is 16.3 Å². The molecule has 0 radical (unpaired) electrons. The fraction of sp³-hybridized carbons (Fsp3) is 0. The van der Waals surface area contributed by atoms with E-state index in [1.54, 1.807) is 5.38 Å². The van der Waals surface area contributed by atoms with E-state index in [1.807, 2.05) is 0 Å². The summed E-state index contributed by atoms with van der Waals surface area (Å²) in [5.41, 5.74) is 8.30. The first-order valence-electron chi connectivity index (χ1n) is 4.74. The van der Waals surface area contributed by atoms with Crippen LogP contribution >= 0.6 is 27.3 Å². The number of thiazole rings is 1. The summed E-state index contributed by atoms with van der Waals surface area (Å²) >= 11 is 4.39. The second-order valence-electron chi connectivity index (χ2n) is 3.27. The highest BCUT2D eigenvalue weighted by molar-refractivity contribution is 9.10. The van der Waals surface area contributed by atoms with Crippen LogP contribution in [0.1, 0.15) is 5.56 Å². The number of rotatable bonds is 3. The van der Waals surface area contributed by atoms with E-state index >= 15 is 0 Å². The van der Waals surface area contributed by atoms with Crippen LogP contribution < -0.4 is 11.2 Å². The molecule has 0 spiro atoms. The molecule has 0 saturated carbocycles. The minimum Gasteiger partial charge on any atom is -0.507 e. The maximum atomic E-state index is 13.4. The Bertz CT molecular complexity index is 602. The number of hydrogen-bond acceptors (Lipinski definition) is 6. The lowest BCUT2D eigenvalue weighted by Gasteiger charge is -2.00. The molecule has 1 heterocycles. The molecule has 94 valence electrons. The van der Waals surface area contributed by atoms with Gasteiger partial charge in [-0.2, -0.15) is 5.10 Å². The minimum absolute atomic E-state index is 0.162. The highest BCUT2D eigenvalue weighted by atomic mass is 79.9. The van der Waals surface area contributed by atoms with E-state index in [1.165, 1.54) is 23.6 Å².